The zero-order valence-corrected chi connectivity index (χ0v) is 12.3. The molecule has 0 aliphatic heterocycles. The Hall–Kier alpha value is -0.0400. The summed E-state index contributed by atoms with van der Waals surface area (Å²) in [6.07, 6.45) is 5.69. The van der Waals surface area contributed by atoms with Crippen LogP contribution in [-0.2, 0) is 4.74 Å². The van der Waals surface area contributed by atoms with Crippen LogP contribution in [0.4, 0.5) is 0 Å². The molecule has 0 aliphatic rings. The van der Waals surface area contributed by atoms with Crippen LogP contribution >= 0.6 is 0 Å². The fourth-order valence-corrected chi connectivity index (χ4v) is 2.03. The minimum atomic E-state index is 0.435. The highest BCUT2D eigenvalue weighted by atomic mass is 16.5. The number of ether oxygens (including phenoxy) is 1. The van der Waals surface area contributed by atoms with Gasteiger partial charge in [-0.05, 0) is 44.4 Å². The van der Waals surface area contributed by atoms with Crippen LogP contribution in [0.3, 0.4) is 0 Å². The molecule has 1 heteroatoms. The highest BCUT2D eigenvalue weighted by Gasteiger charge is 2.14. The van der Waals surface area contributed by atoms with Gasteiger partial charge in [0.15, 0.2) is 0 Å². The molecule has 0 bridgehead atoms. The summed E-state index contributed by atoms with van der Waals surface area (Å²) in [5.41, 5.74) is 0. The van der Waals surface area contributed by atoms with E-state index < -0.39 is 0 Å². The molecule has 98 valence electrons. The standard InChI is InChI=1S/C15H32O/c1-7-16-15(6)11-10-14(5)13(4)9-8-12(2)3/h12-15H,7-11H2,1-6H3. The molecule has 0 N–H and O–H groups in total. The molecule has 3 atom stereocenters. The molecule has 0 radical (unpaired) electrons. The summed E-state index contributed by atoms with van der Waals surface area (Å²) in [7, 11) is 0. The lowest BCUT2D eigenvalue weighted by Gasteiger charge is -2.22. The summed E-state index contributed by atoms with van der Waals surface area (Å²) in [5, 5.41) is 0. The average molecular weight is 228 g/mol. The smallest absolute Gasteiger partial charge is 0.0547 e. The molecule has 0 rings (SSSR count). The zero-order chi connectivity index (χ0) is 12.6. The molecule has 0 amide bonds. The molecular formula is C15H32O. The van der Waals surface area contributed by atoms with Crippen molar-refractivity contribution in [2.45, 2.75) is 73.3 Å². The van der Waals surface area contributed by atoms with Crippen LogP contribution < -0.4 is 0 Å². The largest absolute Gasteiger partial charge is 0.379 e. The van der Waals surface area contributed by atoms with Gasteiger partial charge in [-0.15, -0.1) is 0 Å². The maximum absolute atomic E-state index is 5.57. The monoisotopic (exact) mass is 228 g/mol. The zero-order valence-electron chi connectivity index (χ0n) is 12.3. The van der Waals surface area contributed by atoms with Crippen molar-refractivity contribution in [3.63, 3.8) is 0 Å². The van der Waals surface area contributed by atoms with E-state index in [1.54, 1.807) is 0 Å². The quantitative estimate of drug-likeness (QED) is 0.545. The molecule has 0 aromatic carbocycles. The lowest BCUT2D eigenvalue weighted by molar-refractivity contribution is 0.0636. The van der Waals surface area contributed by atoms with Crippen LogP contribution in [0.2, 0.25) is 0 Å². The topological polar surface area (TPSA) is 9.23 Å². The Bertz CT molecular complexity index is 154. The molecule has 0 aliphatic carbocycles. The van der Waals surface area contributed by atoms with E-state index in [9.17, 15) is 0 Å². The molecule has 0 aromatic rings. The highest BCUT2D eigenvalue weighted by Crippen LogP contribution is 2.24. The van der Waals surface area contributed by atoms with Crippen molar-refractivity contribution in [1.82, 2.24) is 0 Å². The Morgan fingerprint density at radius 2 is 1.25 bits per heavy atom. The molecule has 0 saturated heterocycles. The molecule has 1 nitrogen and oxygen atoms in total. The lowest BCUT2D eigenvalue weighted by atomic mass is 9.86. The third-order valence-corrected chi connectivity index (χ3v) is 3.65. The Labute approximate surface area is 103 Å². The minimum absolute atomic E-state index is 0.435. The number of rotatable bonds is 9. The molecule has 16 heavy (non-hydrogen) atoms. The Balaban J connectivity index is 3.65. The van der Waals surface area contributed by atoms with Gasteiger partial charge in [0.2, 0.25) is 0 Å². The maximum atomic E-state index is 5.57. The Kier molecular flexibility index (Phi) is 9.02. The fraction of sp³-hybridized carbons (Fsp3) is 1.00. The first-order valence-electron chi connectivity index (χ1n) is 7.08. The molecule has 0 spiro atoms. The SMILES string of the molecule is CCOC(C)CCC(C)C(C)CCC(C)C. The van der Waals surface area contributed by atoms with Crippen molar-refractivity contribution in [2.24, 2.45) is 17.8 Å². The minimum Gasteiger partial charge on any atom is -0.379 e. The first-order chi connectivity index (χ1) is 7.47. The van der Waals surface area contributed by atoms with Crippen LogP contribution in [0.1, 0.15) is 67.2 Å². The van der Waals surface area contributed by atoms with Gasteiger partial charge in [-0.3, -0.25) is 0 Å². The van der Waals surface area contributed by atoms with Gasteiger partial charge < -0.3 is 4.74 Å². The van der Waals surface area contributed by atoms with Crippen LogP contribution in [0, 0.1) is 17.8 Å². The van der Waals surface area contributed by atoms with E-state index in [-0.39, 0.29) is 0 Å². The predicted octanol–water partition coefficient (Wildman–Crippen LogP) is 4.90. The van der Waals surface area contributed by atoms with E-state index in [0.29, 0.717) is 6.10 Å². The number of hydrogen-bond donors (Lipinski definition) is 0. The lowest BCUT2D eigenvalue weighted by Crippen LogP contribution is -2.14. The predicted molar refractivity (Wildman–Crippen MR) is 72.7 cm³/mol. The Morgan fingerprint density at radius 1 is 0.750 bits per heavy atom. The van der Waals surface area contributed by atoms with E-state index in [1.165, 1.54) is 25.7 Å². The van der Waals surface area contributed by atoms with Gasteiger partial charge in [0, 0.05) is 6.61 Å². The summed E-state index contributed by atoms with van der Waals surface area (Å²) in [6, 6.07) is 0. The molecule has 0 fully saturated rings. The van der Waals surface area contributed by atoms with E-state index in [0.717, 1.165) is 24.4 Å². The van der Waals surface area contributed by atoms with Crippen LogP contribution in [-0.4, -0.2) is 12.7 Å². The van der Waals surface area contributed by atoms with Gasteiger partial charge in [0.25, 0.3) is 0 Å². The van der Waals surface area contributed by atoms with Crippen molar-refractivity contribution < 1.29 is 4.74 Å². The second-order valence-corrected chi connectivity index (χ2v) is 5.77. The van der Waals surface area contributed by atoms with E-state index >= 15 is 0 Å². The van der Waals surface area contributed by atoms with Crippen LogP contribution in [0.5, 0.6) is 0 Å². The van der Waals surface area contributed by atoms with Crippen LogP contribution in [0.25, 0.3) is 0 Å². The van der Waals surface area contributed by atoms with Gasteiger partial charge in [-0.25, -0.2) is 0 Å². The van der Waals surface area contributed by atoms with Crippen molar-refractivity contribution in [3.05, 3.63) is 0 Å². The second kappa shape index (κ2) is 9.04. The third-order valence-electron chi connectivity index (χ3n) is 3.65. The van der Waals surface area contributed by atoms with Gasteiger partial charge in [-0.2, -0.15) is 0 Å². The number of hydrogen-bond acceptors (Lipinski definition) is 1. The molecule has 0 saturated carbocycles. The van der Waals surface area contributed by atoms with Crippen molar-refractivity contribution in [3.8, 4) is 0 Å². The van der Waals surface area contributed by atoms with Gasteiger partial charge >= 0.3 is 0 Å². The van der Waals surface area contributed by atoms with Crippen LogP contribution in [0.15, 0.2) is 0 Å². The molecule has 0 heterocycles. The molecule has 3 unspecified atom stereocenters. The van der Waals surface area contributed by atoms with Crippen molar-refractivity contribution in [2.75, 3.05) is 6.61 Å². The second-order valence-electron chi connectivity index (χ2n) is 5.77. The average Bonchev–Trinajstić information content (AvgIpc) is 2.22. The van der Waals surface area contributed by atoms with E-state index in [2.05, 4.69) is 41.5 Å². The van der Waals surface area contributed by atoms with Crippen molar-refractivity contribution in [1.29, 1.82) is 0 Å². The van der Waals surface area contributed by atoms with E-state index in [4.69, 9.17) is 4.74 Å². The first-order valence-corrected chi connectivity index (χ1v) is 7.08. The summed E-state index contributed by atoms with van der Waals surface area (Å²) in [4.78, 5) is 0. The first kappa shape index (κ1) is 16.0. The molecular weight excluding hydrogens is 196 g/mol. The Morgan fingerprint density at radius 3 is 1.69 bits per heavy atom. The summed E-state index contributed by atoms with van der Waals surface area (Å²) in [6.45, 7) is 14.5. The molecule has 0 aromatic heterocycles. The summed E-state index contributed by atoms with van der Waals surface area (Å²) in [5.74, 6) is 2.54. The summed E-state index contributed by atoms with van der Waals surface area (Å²) < 4.78 is 5.57. The van der Waals surface area contributed by atoms with E-state index in [1.807, 2.05) is 0 Å². The van der Waals surface area contributed by atoms with Gasteiger partial charge in [0.1, 0.15) is 0 Å². The third kappa shape index (κ3) is 8.15. The van der Waals surface area contributed by atoms with Crippen molar-refractivity contribution >= 4 is 0 Å². The van der Waals surface area contributed by atoms with Gasteiger partial charge in [0.05, 0.1) is 6.10 Å². The maximum Gasteiger partial charge on any atom is 0.0547 e. The summed E-state index contributed by atoms with van der Waals surface area (Å²) >= 11 is 0. The van der Waals surface area contributed by atoms with Gasteiger partial charge in [-0.1, -0.05) is 40.5 Å². The normalized spacial score (nSPS) is 17.4. The highest BCUT2D eigenvalue weighted by molar-refractivity contribution is 4.65. The fourth-order valence-electron chi connectivity index (χ4n) is 2.03.